The van der Waals surface area contributed by atoms with Gasteiger partial charge in [0, 0.05) is 88.6 Å². The van der Waals surface area contributed by atoms with Crippen molar-refractivity contribution >= 4 is 59.9 Å². The average molecular weight is 865 g/mol. The number of para-hydroxylation sites is 2. The molecule has 2 atom stereocenters. The monoisotopic (exact) mass is 864 g/mol. The number of fused-ring (bicyclic) bond motifs is 2. The lowest BCUT2D eigenvalue weighted by Gasteiger charge is -2.21. The highest BCUT2D eigenvalue weighted by Gasteiger charge is 2.25. The molecule has 1 aliphatic heterocycles. The van der Waals surface area contributed by atoms with E-state index in [0.717, 1.165) is 30.6 Å². The number of H-pyrrole nitrogens is 1. The van der Waals surface area contributed by atoms with Crippen molar-refractivity contribution in [2.24, 2.45) is 7.05 Å². The molecule has 0 spiro atoms. The Labute approximate surface area is 353 Å². The smallest absolute Gasteiger partial charge is 0.330 e. The van der Waals surface area contributed by atoms with Gasteiger partial charge in [-0.25, -0.2) is 9.36 Å². The maximum Gasteiger partial charge on any atom is 0.330 e. The fourth-order valence-electron chi connectivity index (χ4n) is 6.50. The average Bonchev–Trinajstić information content (AvgIpc) is 3.56. The number of aromatic amines is 1. The number of methoxy groups -OCH3 is 1. The third kappa shape index (κ3) is 13.8. The number of carbonyl (C=O) groups is 2. The second-order valence-electron chi connectivity index (χ2n) is 14.3. The van der Waals surface area contributed by atoms with Crippen molar-refractivity contribution in [1.29, 1.82) is 0 Å². The van der Waals surface area contributed by atoms with Crippen LogP contribution in [0.5, 0.6) is 0 Å². The summed E-state index contributed by atoms with van der Waals surface area (Å²) in [5, 5.41) is 8.13. The molecule has 0 aliphatic carbocycles. The number of hydrogen-bond acceptors (Lipinski definition) is 11. The standard InChI is InChI=1S/C42H54N7O9PS/c1-46(25-21-44-38(51)17-16-32-30-49(42(53)45-41(32)52)39(57-28-27-56-3)19-26-58-59(4,54)55)24-20-43-37(50)15-9-10-22-48-35-13-7-8-14-36(35)60-40(48)29-31-18-23-47(2)34-12-6-5-11-33(31)34/h5-8,11-14,16-18,23,29-30,39H,9-10,15,19-22,24-28H2,1-4H3,(H3-,43,44,45,50,51,52,53,54,55)/p+1/b17-16+. The van der Waals surface area contributed by atoms with Crippen molar-refractivity contribution in [2.45, 2.75) is 36.8 Å². The summed E-state index contributed by atoms with van der Waals surface area (Å²) < 4.78 is 30.4. The number of thioether (sulfide) groups is 1. The van der Waals surface area contributed by atoms with E-state index in [1.165, 1.54) is 57.5 Å². The molecule has 0 bridgehead atoms. The molecule has 0 saturated heterocycles. The first kappa shape index (κ1) is 46.2. The number of pyridine rings is 1. The third-order valence-corrected chi connectivity index (χ3v) is 11.4. The van der Waals surface area contributed by atoms with Crippen LogP contribution < -0.4 is 31.3 Å². The number of benzene rings is 2. The first-order chi connectivity index (χ1) is 28.8. The van der Waals surface area contributed by atoms with E-state index in [0.29, 0.717) is 32.6 Å². The van der Waals surface area contributed by atoms with Gasteiger partial charge in [0.05, 0.1) is 41.5 Å². The zero-order valence-electron chi connectivity index (χ0n) is 34.5. The zero-order chi connectivity index (χ0) is 43.1. The lowest BCUT2D eigenvalue weighted by molar-refractivity contribution is -0.644. The van der Waals surface area contributed by atoms with Gasteiger partial charge in [-0.15, -0.1) is 0 Å². The SMILES string of the molecule is COCCOC(CCOP(C)(=O)O)n1cc(/C=C/C(=O)NCCN(C)CCNC(=O)CCCCN2/C(=C/c3cc[n+](C)c4ccccc34)Sc3ccccc32)c(=O)[nH]c1=O. The second kappa shape index (κ2) is 22.7. The Kier molecular flexibility index (Phi) is 17.4. The van der Waals surface area contributed by atoms with Gasteiger partial charge >= 0.3 is 13.3 Å². The molecule has 0 saturated carbocycles. The molecule has 0 fully saturated rings. The van der Waals surface area contributed by atoms with Gasteiger partial charge < -0.3 is 39.3 Å². The first-order valence-corrected chi connectivity index (χ1v) is 22.6. The molecule has 5 rings (SSSR count). The molecular formula is C42H55N7O9PS+. The Morgan fingerprint density at radius 3 is 2.55 bits per heavy atom. The number of ether oxygens (including phenoxy) is 2. The number of hydrogen-bond donors (Lipinski definition) is 4. The highest BCUT2D eigenvalue weighted by molar-refractivity contribution is 8.03. The molecule has 2 aromatic carbocycles. The molecule has 4 aromatic rings. The predicted octanol–water partition coefficient (Wildman–Crippen LogP) is 3.86. The highest BCUT2D eigenvalue weighted by atomic mass is 32.2. The number of nitrogens with zero attached hydrogens (tertiary/aromatic N) is 4. The highest BCUT2D eigenvalue weighted by Crippen LogP contribution is 2.47. The number of unbranched alkanes of at least 4 members (excludes halogenated alkanes) is 1. The van der Waals surface area contributed by atoms with Crippen LogP contribution in [0.1, 0.15) is 43.0 Å². The quantitative estimate of drug-likeness (QED) is 0.0366. The van der Waals surface area contributed by atoms with Crippen molar-refractivity contribution < 1.29 is 37.6 Å². The molecule has 322 valence electrons. The molecule has 2 amide bonds. The van der Waals surface area contributed by atoms with Crippen molar-refractivity contribution in [3.63, 3.8) is 0 Å². The number of nitrogens with one attached hydrogen (secondary N) is 3. The van der Waals surface area contributed by atoms with Gasteiger partial charge in [-0.05, 0) is 55.8 Å². The predicted molar refractivity (Wildman–Crippen MR) is 234 cm³/mol. The lowest BCUT2D eigenvalue weighted by atomic mass is 10.1. The van der Waals surface area contributed by atoms with Crippen molar-refractivity contribution in [1.82, 2.24) is 25.1 Å². The molecule has 16 nitrogen and oxygen atoms in total. The van der Waals surface area contributed by atoms with Crippen LogP contribution in [-0.2, 0) is 35.2 Å². The van der Waals surface area contributed by atoms with Gasteiger partial charge in [0.1, 0.15) is 13.3 Å². The van der Waals surface area contributed by atoms with Crippen LogP contribution >= 0.6 is 19.4 Å². The molecule has 18 heteroatoms. The topological polar surface area (TPSA) is 188 Å². The molecular weight excluding hydrogens is 810 g/mol. The van der Waals surface area contributed by atoms with Crippen LogP contribution in [0.3, 0.4) is 0 Å². The summed E-state index contributed by atoms with van der Waals surface area (Å²) in [6.07, 6.45) is 9.18. The summed E-state index contributed by atoms with van der Waals surface area (Å²) in [4.78, 5) is 67.6. The van der Waals surface area contributed by atoms with Crippen LogP contribution in [0, 0.1) is 0 Å². The van der Waals surface area contributed by atoms with Crippen molar-refractivity contribution in [3.05, 3.63) is 110 Å². The Balaban J connectivity index is 1.03. The minimum atomic E-state index is -3.76. The van der Waals surface area contributed by atoms with Gasteiger partial charge in [0.2, 0.25) is 17.3 Å². The van der Waals surface area contributed by atoms with Gasteiger partial charge in [0.25, 0.3) is 5.56 Å². The van der Waals surface area contributed by atoms with Gasteiger partial charge in [-0.2, -0.15) is 0 Å². The molecule has 2 aromatic heterocycles. The van der Waals surface area contributed by atoms with Gasteiger partial charge in [0.15, 0.2) is 6.20 Å². The van der Waals surface area contributed by atoms with Crippen molar-refractivity contribution in [3.8, 4) is 0 Å². The first-order valence-electron chi connectivity index (χ1n) is 19.8. The number of aryl methyl sites for hydroxylation is 1. The van der Waals surface area contributed by atoms with Gasteiger partial charge in [-0.3, -0.25) is 28.5 Å². The van der Waals surface area contributed by atoms with Crippen LogP contribution in [0.15, 0.2) is 92.6 Å². The summed E-state index contributed by atoms with van der Waals surface area (Å²) in [6, 6.07) is 19.0. The number of anilines is 1. The van der Waals surface area contributed by atoms with E-state index in [2.05, 4.69) is 99.0 Å². The molecule has 2 unspecified atom stereocenters. The van der Waals surface area contributed by atoms with E-state index in [-0.39, 0.29) is 37.7 Å². The van der Waals surface area contributed by atoms with Gasteiger partial charge in [-0.1, -0.05) is 36.0 Å². The summed E-state index contributed by atoms with van der Waals surface area (Å²) in [7, 11) is 1.67. The zero-order valence-corrected chi connectivity index (χ0v) is 36.2. The number of amides is 2. The Morgan fingerprint density at radius 2 is 1.77 bits per heavy atom. The molecule has 1 aliphatic rings. The molecule has 4 N–H and O–H groups in total. The minimum Gasteiger partial charge on any atom is -0.382 e. The van der Waals surface area contributed by atoms with E-state index < -0.39 is 31.0 Å². The van der Waals surface area contributed by atoms with E-state index in [1.54, 1.807) is 11.8 Å². The number of carbonyl (C=O) groups excluding carboxylic acids is 2. The maximum atomic E-state index is 12.7. The fraction of sp³-hybridized carbons (Fsp3) is 0.405. The van der Waals surface area contributed by atoms with Crippen LogP contribution in [0.25, 0.3) is 23.1 Å². The summed E-state index contributed by atoms with van der Waals surface area (Å²) in [6.45, 7) is 3.87. The minimum absolute atomic E-state index is 0.00289. The lowest BCUT2D eigenvalue weighted by Crippen LogP contribution is -2.37. The van der Waals surface area contributed by atoms with E-state index >= 15 is 0 Å². The molecule has 3 heterocycles. The summed E-state index contributed by atoms with van der Waals surface area (Å²) in [5.41, 5.74) is 2.08. The molecule has 60 heavy (non-hydrogen) atoms. The van der Waals surface area contributed by atoms with E-state index in [1.807, 2.05) is 11.9 Å². The van der Waals surface area contributed by atoms with Crippen LogP contribution in [0.4, 0.5) is 5.69 Å². The largest absolute Gasteiger partial charge is 0.382 e. The second-order valence-corrected chi connectivity index (χ2v) is 17.3. The summed E-state index contributed by atoms with van der Waals surface area (Å²) >= 11 is 1.77. The van der Waals surface area contributed by atoms with Crippen molar-refractivity contribution in [2.75, 3.05) is 78.3 Å². The Morgan fingerprint density at radius 1 is 1.02 bits per heavy atom. The van der Waals surface area contributed by atoms with E-state index in [9.17, 15) is 28.6 Å². The number of likely N-dealkylation sites (N-methyl/N-ethyl adjacent to an activating group) is 1. The number of rotatable bonds is 23. The number of aromatic nitrogens is 3. The summed E-state index contributed by atoms with van der Waals surface area (Å²) in [5.74, 6) is -0.449. The van der Waals surface area contributed by atoms with Crippen LogP contribution in [0.2, 0.25) is 0 Å². The van der Waals surface area contributed by atoms with E-state index in [4.69, 9.17) is 14.0 Å². The normalized spacial score (nSPS) is 14.8. The van der Waals surface area contributed by atoms with Crippen LogP contribution in [-0.4, -0.2) is 105 Å². The fourth-order valence-corrected chi connectivity index (χ4v) is 8.08. The Bertz CT molecular complexity index is 2330. The Hall–Kier alpha value is -4.87. The molecule has 0 radical (unpaired) electrons. The third-order valence-electron chi connectivity index (χ3n) is 9.65. The maximum absolute atomic E-state index is 12.7.